The number of fused-ring (bicyclic) bond motifs is 1. The first-order chi connectivity index (χ1) is 10.1. The molecule has 2 heterocycles. The number of halogens is 2. The summed E-state index contributed by atoms with van der Waals surface area (Å²) in [5, 5.41) is 0.841. The predicted octanol–water partition coefficient (Wildman–Crippen LogP) is 1.59. The maximum absolute atomic E-state index is 13.4. The van der Waals surface area contributed by atoms with Gasteiger partial charge >= 0.3 is 6.09 Å². The summed E-state index contributed by atoms with van der Waals surface area (Å²) in [4.78, 5) is 17.4. The molecule has 1 aromatic heterocycles. The van der Waals surface area contributed by atoms with E-state index >= 15 is 0 Å². The molecule has 0 unspecified atom stereocenters. The Morgan fingerprint density at radius 2 is 2.29 bits per heavy atom. The molecule has 0 N–H and O–H groups in total. The molecule has 0 saturated heterocycles. The second-order valence-corrected chi connectivity index (χ2v) is 5.26. The van der Waals surface area contributed by atoms with Gasteiger partial charge in [-0.25, -0.2) is 18.6 Å². The van der Waals surface area contributed by atoms with E-state index in [1.807, 2.05) is 6.08 Å². The van der Waals surface area contributed by atoms with Crippen LogP contribution in [-0.4, -0.2) is 22.5 Å². The number of carbonyl (C=O) groups is 1. The van der Waals surface area contributed by atoms with Crippen molar-refractivity contribution in [1.82, 2.24) is 9.88 Å². The first-order valence-electron chi connectivity index (χ1n) is 6.12. The molecule has 0 atom stereocenters. The van der Waals surface area contributed by atoms with E-state index in [-0.39, 0.29) is 12.2 Å². The van der Waals surface area contributed by atoms with Crippen LogP contribution >= 0.6 is 11.3 Å². The molecule has 2 aromatic rings. The highest BCUT2D eigenvalue weighted by Gasteiger charge is 2.15. The minimum Gasteiger partial charge on any atom is -0.444 e. The quantitative estimate of drug-likeness (QED) is 0.846. The lowest BCUT2D eigenvalue weighted by Crippen LogP contribution is -2.37. The predicted molar refractivity (Wildman–Crippen MR) is 73.5 cm³/mol. The minimum absolute atomic E-state index is 0.129. The van der Waals surface area contributed by atoms with Crippen molar-refractivity contribution in [3.05, 3.63) is 50.8 Å². The van der Waals surface area contributed by atoms with Crippen LogP contribution in [0.3, 0.4) is 0 Å². The van der Waals surface area contributed by atoms with E-state index in [9.17, 15) is 13.6 Å². The molecule has 108 valence electrons. The summed E-state index contributed by atoms with van der Waals surface area (Å²) in [5.74, 6) is -1.40. The molecule has 0 aliphatic carbocycles. The number of hydrogen-bond acceptors (Lipinski definition) is 4. The SMILES string of the molecule is O=C(OCc1ccc(F)cc1F)N1C=c2scnc2=CC1. The van der Waals surface area contributed by atoms with Gasteiger partial charge in [-0.2, -0.15) is 0 Å². The summed E-state index contributed by atoms with van der Waals surface area (Å²) in [6.07, 6.45) is 2.87. The van der Waals surface area contributed by atoms with Crippen molar-refractivity contribution in [2.24, 2.45) is 0 Å². The van der Waals surface area contributed by atoms with Gasteiger partial charge < -0.3 is 4.74 Å². The number of carbonyl (C=O) groups excluding carboxylic acids is 1. The largest absolute Gasteiger partial charge is 0.444 e. The van der Waals surface area contributed by atoms with Crippen LogP contribution in [0.1, 0.15) is 5.56 Å². The van der Waals surface area contributed by atoms with Gasteiger partial charge in [0.1, 0.15) is 18.2 Å². The average Bonchev–Trinajstić information content (AvgIpc) is 2.93. The van der Waals surface area contributed by atoms with Crippen LogP contribution in [0.25, 0.3) is 12.3 Å². The second-order valence-electron chi connectivity index (χ2n) is 4.38. The van der Waals surface area contributed by atoms with E-state index in [1.54, 1.807) is 11.7 Å². The molecule has 0 radical (unpaired) electrons. The number of aromatic nitrogens is 1. The van der Waals surface area contributed by atoms with E-state index in [1.165, 1.54) is 22.3 Å². The van der Waals surface area contributed by atoms with Gasteiger partial charge in [0.05, 0.1) is 15.4 Å². The van der Waals surface area contributed by atoms with Gasteiger partial charge in [-0.15, -0.1) is 11.3 Å². The van der Waals surface area contributed by atoms with E-state index < -0.39 is 17.7 Å². The summed E-state index contributed by atoms with van der Waals surface area (Å²) in [6, 6.07) is 3.13. The molecule has 1 aliphatic heterocycles. The number of thiazole rings is 1. The number of amides is 1. The van der Waals surface area contributed by atoms with Crippen molar-refractivity contribution in [2.45, 2.75) is 6.61 Å². The van der Waals surface area contributed by atoms with Crippen LogP contribution in [0.15, 0.2) is 23.7 Å². The zero-order valence-corrected chi connectivity index (χ0v) is 11.6. The Morgan fingerprint density at radius 1 is 1.43 bits per heavy atom. The van der Waals surface area contributed by atoms with Crippen LogP contribution in [-0.2, 0) is 11.3 Å². The maximum Gasteiger partial charge on any atom is 0.414 e. The van der Waals surface area contributed by atoms with E-state index in [2.05, 4.69) is 4.98 Å². The van der Waals surface area contributed by atoms with Gasteiger partial charge in [0, 0.05) is 24.4 Å². The third-order valence-corrected chi connectivity index (χ3v) is 3.76. The van der Waals surface area contributed by atoms with Crippen LogP contribution in [0, 0.1) is 11.6 Å². The number of nitrogens with zero attached hydrogens (tertiary/aromatic N) is 2. The lowest BCUT2D eigenvalue weighted by atomic mass is 10.2. The first kappa shape index (κ1) is 13.7. The fourth-order valence-electron chi connectivity index (χ4n) is 1.88. The van der Waals surface area contributed by atoms with Gasteiger partial charge in [0.15, 0.2) is 0 Å². The lowest BCUT2D eigenvalue weighted by Gasteiger charge is -2.17. The summed E-state index contributed by atoms with van der Waals surface area (Å²) in [7, 11) is 0. The molecule has 0 fully saturated rings. The zero-order valence-electron chi connectivity index (χ0n) is 10.8. The summed E-state index contributed by atoms with van der Waals surface area (Å²) in [5.41, 5.74) is 1.82. The number of benzene rings is 1. The van der Waals surface area contributed by atoms with E-state index in [0.717, 1.165) is 22.0 Å². The van der Waals surface area contributed by atoms with Crippen molar-refractivity contribution < 1.29 is 18.3 Å². The Morgan fingerprint density at radius 3 is 3.10 bits per heavy atom. The van der Waals surface area contributed by atoms with Gasteiger partial charge in [-0.3, -0.25) is 4.90 Å². The molecule has 7 heteroatoms. The number of ether oxygens (including phenoxy) is 1. The molecule has 21 heavy (non-hydrogen) atoms. The van der Waals surface area contributed by atoms with Crippen molar-refractivity contribution in [3.8, 4) is 0 Å². The first-order valence-corrected chi connectivity index (χ1v) is 7.00. The Balaban J connectivity index is 1.67. The normalized spacial score (nSPS) is 13.1. The second kappa shape index (κ2) is 5.61. The molecule has 1 aromatic carbocycles. The van der Waals surface area contributed by atoms with Crippen LogP contribution in [0.5, 0.6) is 0 Å². The number of hydrogen-bond donors (Lipinski definition) is 0. The Kier molecular flexibility index (Phi) is 3.66. The van der Waals surface area contributed by atoms with Gasteiger partial charge in [0.2, 0.25) is 0 Å². The highest BCUT2D eigenvalue weighted by Crippen LogP contribution is 2.11. The summed E-state index contributed by atoms with van der Waals surface area (Å²) in [6.45, 7) is 0.103. The monoisotopic (exact) mass is 308 g/mol. The van der Waals surface area contributed by atoms with Crippen molar-refractivity contribution in [2.75, 3.05) is 6.54 Å². The van der Waals surface area contributed by atoms with Gasteiger partial charge in [0.25, 0.3) is 0 Å². The molecular weight excluding hydrogens is 298 g/mol. The minimum atomic E-state index is -0.735. The molecule has 3 rings (SSSR count). The smallest absolute Gasteiger partial charge is 0.414 e. The standard InChI is InChI=1S/C14H10F2N2O2S/c15-10-2-1-9(11(16)5-10)7-20-14(19)18-4-3-12-13(6-18)21-8-17-12/h1-3,5-6,8H,4,7H2. The van der Waals surface area contributed by atoms with Crippen molar-refractivity contribution in [3.63, 3.8) is 0 Å². The van der Waals surface area contributed by atoms with Crippen molar-refractivity contribution >= 4 is 29.7 Å². The molecule has 4 nitrogen and oxygen atoms in total. The van der Waals surface area contributed by atoms with Crippen LogP contribution in [0.4, 0.5) is 13.6 Å². The molecule has 0 spiro atoms. The topological polar surface area (TPSA) is 42.4 Å². The number of rotatable bonds is 2. The summed E-state index contributed by atoms with van der Waals surface area (Å²) < 4.78 is 32.1. The van der Waals surface area contributed by atoms with Gasteiger partial charge in [-0.05, 0) is 18.2 Å². The Hall–Kier alpha value is -2.28. The lowest BCUT2D eigenvalue weighted by molar-refractivity contribution is 0.117. The van der Waals surface area contributed by atoms with Crippen molar-refractivity contribution in [1.29, 1.82) is 0 Å². The maximum atomic E-state index is 13.4. The third-order valence-electron chi connectivity index (χ3n) is 2.98. The fourth-order valence-corrected chi connectivity index (χ4v) is 2.61. The highest BCUT2D eigenvalue weighted by atomic mass is 32.1. The zero-order chi connectivity index (χ0) is 14.8. The highest BCUT2D eigenvalue weighted by molar-refractivity contribution is 7.07. The molecule has 1 amide bonds. The van der Waals surface area contributed by atoms with E-state index in [4.69, 9.17) is 4.74 Å². The third kappa shape index (κ3) is 2.92. The molecule has 0 bridgehead atoms. The Labute approximate surface area is 122 Å². The van der Waals surface area contributed by atoms with Gasteiger partial charge in [-0.1, -0.05) is 0 Å². The molecule has 0 saturated carbocycles. The average molecular weight is 308 g/mol. The van der Waals surface area contributed by atoms with E-state index in [0.29, 0.717) is 6.54 Å². The van der Waals surface area contributed by atoms with Crippen LogP contribution < -0.4 is 9.88 Å². The summed E-state index contributed by atoms with van der Waals surface area (Å²) >= 11 is 1.42. The Bertz CT molecular complexity index is 804. The van der Waals surface area contributed by atoms with Crippen LogP contribution in [0.2, 0.25) is 0 Å². The fraction of sp³-hybridized carbons (Fsp3) is 0.143. The molecule has 1 aliphatic rings. The molecular formula is C14H10F2N2O2S.